The number of carbonyl (C=O) groups is 2. The van der Waals surface area contributed by atoms with E-state index in [9.17, 15) is 9.59 Å². The van der Waals surface area contributed by atoms with Gasteiger partial charge in [0, 0.05) is 24.6 Å². The number of halogens is 1. The van der Waals surface area contributed by atoms with Crippen LogP contribution in [0.5, 0.6) is 0 Å². The average molecular weight is 504 g/mol. The Morgan fingerprint density at radius 2 is 1.88 bits per heavy atom. The van der Waals surface area contributed by atoms with Gasteiger partial charge in [-0.05, 0) is 38.3 Å². The maximum absolute atomic E-state index is 12.1. The highest BCUT2D eigenvalue weighted by Crippen LogP contribution is 2.37. The molecule has 0 atom stereocenters. The van der Waals surface area contributed by atoms with E-state index in [1.165, 1.54) is 0 Å². The number of hydroxylamine groups is 1. The fourth-order valence-electron chi connectivity index (χ4n) is 3.33. The number of anilines is 3. The third-order valence-electron chi connectivity index (χ3n) is 4.89. The number of rotatable bonds is 11. The van der Waals surface area contributed by atoms with Crippen LogP contribution in [0.4, 0.5) is 16.8 Å². The zero-order valence-corrected chi connectivity index (χ0v) is 20.4. The van der Waals surface area contributed by atoms with Crippen LogP contribution < -0.4 is 21.8 Å². The Bertz CT molecular complexity index is 1170. The highest BCUT2D eigenvalue weighted by atomic mass is 35.5. The number of carbonyl (C=O) groups excluding carboxylic acids is 2. The van der Waals surface area contributed by atoms with Gasteiger partial charge in [0.2, 0.25) is 5.91 Å². The molecular formula is C22H26ClN7O3S. The number of unbranched alkanes of at least 4 members (excludes halogenated alkanes) is 2. The second-order valence-electron chi connectivity index (χ2n) is 7.58. The molecule has 0 spiro atoms. The van der Waals surface area contributed by atoms with Crippen molar-refractivity contribution in [2.45, 2.75) is 39.5 Å². The minimum atomic E-state index is -0.586. The molecule has 34 heavy (non-hydrogen) atoms. The monoisotopic (exact) mass is 503 g/mol. The van der Waals surface area contributed by atoms with Gasteiger partial charge < -0.3 is 16.4 Å². The van der Waals surface area contributed by atoms with Crippen molar-refractivity contribution in [1.82, 2.24) is 20.4 Å². The minimum Gasteiger partial charge on any atom is -0.370 e. The van der Waals surface area contributed by atoms with Gasteiger partial charge in [0.05, 0.1) is 10.7 Å². The Morgan fingerprint density at radius 3 is 2.59 bits per heavy atom. The first-order valence-electron chi connectivity index (χ1n) is 10.6. The lowest BCUT2D eigenvalue weighted by atomic mass is 10.0. The summed E-state index contributed by atoms with van der Waals surface area (Å²) in [5, 5.41) is 15.8. The van der Waals surface area contributed by atoms with Crippen molar-refractivity contribution < 1.29 is 14.8 Å². The van der Waals surface area contributed by atoms with E-state index in [1.54, 1.807) is 24.5 Å². The summed E-state index contributed by atoms with van der Waals surface area (Å²) in [7, 11) is 0. The molecule has 2 amide bonds. The first-order valence-corrected chi connectivity index (χ1v) is 11.8. The predicted molar refractivity (Wildman–Crippen MR) is 133 cm³/mol. The molecule has 0 radical (unpaired) electrons. The summed E-state index contributed by atoms with van der Waals surface area (Å²) >= 11 is 7.52. The molecule has 12 heteroatoms. The van der Waals surface area contributed by atoms with Gasteiger partial charge in [0.15, 0.2) is 5.13 Å². The fraction of sp³-hybridized carbons (Fsp3) is 0.318. The number of hydrogen-bond donors (Lipinski definition) is 5. The van der Waals surface area contributed by atoms with Crippen LogP contribution in [0.25, 0.3) is 11.3 Å². The van der Waals surface area contributed by atoms with E-state index >= 15 is 0 Å². The van der Waals surface area contributed by atoms with Crippen LogP contribution in [-0.2, 0) is 4.79 Å². The Balaban J connectivity index is 1.71. The SMILES string of the molecule is Cc1nc(NCCCCCC(=O)NO)cc(Nc2nc(-c3c(C)cccc3Cl)c(C(N)=O)s2)n1. The predicted octanol–water partition coefficient (Wildman–Crippen LogP) is 4.19. The largest absolute Gasteiger partial charge is 0.370 e. The van der Waals surface area contributed by atoms with Crippen molar-refractivity contribution in [3.05, 3.63) is 45.6 Å². The Morgan fingerprint density at radius 1 is 1.12 bits per heavy atom. The summed E-state index contributed by atoms with van der Waals surface area (Å²) < 4.78 is 0. The van der Waals surface area contributed by atoms with Gasteiger partial charge in [-0.25, -0.2) is 20.4 Å². The molecule has 3 aromatic rings. The molecule has 180 valence electrons. The fourth-order valence-corrected chi connectivity index (χ4v) is 4.48. The molecule has 0 bridgehead atoms. The van der Waals surface area contributed by atoms with Crippen LogP contribution in [0.1, 0.15) is 46.7 Å². The maximum Gasteiger partial charge on any atom is 0.261 e. The van der Waals surface area contributed by atoms with Crippen LogP contribution >= 0.6 is 22.9 Å². The van der Waals surface area contributed by atoms with E-state index in [2.05, 4.69) is 25.6 Å². The first-order chi connectivity index (χ1) is 16.3. The molecule has 0 fully saturated rings. The molecule has 0 aliphatic heterocycles. The van der Waals surface area contributed by atoms with Crippen LogP contribution in [0, 0.1) is 13.8 Å². The third-order valence-corrected chi connectivity index (χ3v) is 6.19. The number of primary amides is 1. The summed E-state index contributed by atoms with van der Waals surface area (Å²) in [5.74, 6) is 0.738. The van der Waals surface area contributed by atoms with Crippen LogP contribution in [-0.4, -0.2) is 38.5 Å². The first kappa shape index (κ1) is 25.3. The minimum absolute atomic E-state index is 0.286. The second kappa shape index (κ2) is 11.7. The van der Waals surface area contributed by atoms with Gasteiger partial charge in [-0.15, -0.1) is 0 Å². The molecule has 10 nitrogen and oxygen atoms in total. The quantitative estimate of drug-likeness (QED) is 0.148. The maximum atomic E-state index is 12.1. The topological polar surface area (TPSA) is 155 Å². The summed E-state index contributed by atoms with van der Waals surface area (Å²) in [6, 6.07) is 7.22. The van der Waals surface area contributed by atoms with E-state index in [0.29, 0.717) is 56.7 Å². The van der Waals surface area contributed by atoms with Crippen LogP contribution in [0.2, 0.25) is 5.02 Å². The van der Waals surface area contributed by atoms with Crippen molar-refractivity contribution in [3.63, 3.8) is 0 Å². The van der Waals surface area contributed by atoms with Gasteiger partial charge in [0.25, 0.3) is 5.91 Å². The van der Waals surface area contributed by atoms with Crippen LogP contribution in [0.15, 0.2) is 24.3 Å². The Kier molecular flexibility index (Phi) is 8.74. The summed E-state index contributed by atoms with van der Waals surface area (Å²) in [6.07, 6.45) is 2.63. The molecule has 0 aliphatic carbocycles. The lowest BCUT2D eigenvalue weighted by Gasteiger charge is -2.09. The summed E-state index contributed by atoms with van der Waals surface area (Å²) in [6.45, 7) is 4.33. The van der Waals surface area contributed by atoms with E-state index in [1.807, 2.05) is 19.1 Å². The van der Waals surface area contributed by atoms with Crippen molar-refractivity contribution in [2.75, 3.05) is 17.2 Å². The molecule has 1 aromatic carbocycles. The summed E-state index contributed by atoms with van der Waals surface area (Å²) in [4.78, 5) is 36.8. The number of amides is 2. The number of benzene rings is 1. The Labute approximate surface area is 205 Å². The molecule has 0 saturated heterocycles. The number of nitrogens with zero attached hydrogens (tertiary/aromatic N) is 3. The number of thiazole rings is 1. The normalized spacial score (nSPS) is 10.7. The number of nitrogens with two attached hydrogens (primary N) is 1. The molecule has 0 unspecified atom stereocenters. The number of nitrogens with one attached hydrogen (secondary N) is 3. The van der Waals surface area contributed by atoms with E-state index < -0.39 is 5.91 Å². The third kappa shape index (κ3) is 6.62. The van der Waals surface area contributed by atoms with Crippen LogP contribution in [0.3, 0.4) is 0 Å². The van der Waals surface area contributed by atoms with E-state index in [4.69, 9.17) is 22.5 Å². The Hall–Kier alpha value is -3.28. The van der Waals surface area contributed by atoms with Gasteiger partial charge in [0.1, 0.15) is 22.3 Å². The number of hydrogen-bond acceptors (Lipinski definition) is 9. The zero-order chi connectivity index (χ0) is 24.7. The number of aromatic nitrogens is 3. The lowest BCUT2D eigenvalue weighted by Crippen LogP contribution is -2.17. The van der Waals surface area contributed by atoms with E-state index in [0.717, 1.165) is 29.7 Å². The molecule has 3 rings (SSSR count). The molecule has 2 aromatic heterocycles. The van der Waals surface area contributed by atoms with E-state index in [-0.39, 0.29) is 12.3 Å². The van der Waals surface area contributed by atoms with Crippen molar-refractivity contribution in [2.24, 2.45) is 5.73 Å². The van der Waals surface area contributed by atoms with Gasteiger partial charge in [-0.2, -0.15) is 0 Å². The smallest absolute Gasteiger partial charge is 0.261 e. The van der Waals surface area contributed by atoms with Gasteiger partial charge in [-0.3, -0.25) is 14.8 Å². The highest BCUT2D eigenvalue weighted by molar-refractivity contribution is 7.18. The van der Waals surface area contributed by atoms with Crippen molar-refractivity contribution in [3.8, 4) is 11.3 Å². The van der Waals surface area contributed by atoms with Gasteiger partial charge >= 0.3 is 0 Å². The molecule has 6 N–H and O–H groups in total. The van der Waals surface area contributed by atoms with Crippen molar-refractivity contribution >= 4 is 51.5 Å². The second-order valence-corrected chi connectivity index (χ2v) is 8.98. The zero-order valence-electron chi connectivity index (χ0n) is 18.8. The average Bonchev–Trinajstić information content (AvgIpc) is 3.19. The number of aryl methyl sites for hydroxylation is 2. The highest BCUT2D eigenvalue weighted by Gasteiger charge is 2.21. The summed E-state index contributed by atoms with van der Waals surface area (Å²) in [5.41, 5.74) is 9.22. The molecular weight excluding hydrogens is 478 g/mol. The molecule has 0 saturated carbocycles. The molecule has 2 heterocycles. The molecule has 0 aliphatic rings. The van der Waals surface area contributed by atoms with Crippen molar-refractivity contribution in [1.29, 1.82) is 0 Å². The standard InChI is InChI=1S/C22H26ClN7O3S/c1-12-7-6-8-14(23)18(12)19-20(21(24)32)34-22(29-19)28-16-11-15(26-13(2)27-16)25-10-5-3-4-9-17(31)30-33/h6-8,11,33H,3-5,9-10H2,1-2H3,(H2,24,32)(H,30,31)(H2,25,26,27,28,29). The lowest BCUT2D eigenvalue weighted by molar-refractivity contribution is -0.129. The van der Waals surface area contributed by atoms with Gasteiger partial charge in [-0.1, -0.05) is 41.5 Å².